The average Bonchev–Trinajstić information content (AvgIpc) is 2.89. The topological polar surface area (TPSA) is 55.6 Å². The van der Waals surface area contributed by atoms with Gasteiger partial charge < -0.3 is 5.32 Å². The van der Waals surface area contributed by atoms with Crippen LogP contribution in [0.1, 0.15) is 17.2 Å². The Morgan fingerprint density at radius 1 is 1.20 bits per heavy atom. The summed E-state index contributed by atoms with van der Waals surface area (Å²) in [6.07, 6.45) is 8.29. The number of rotatable bonds is 4. The van der Waals surface area contributed by atoms with E-state index in [0.717, 1.165) is 17.5 Å². The Bertz CT molecular complexity index is 719. The van der Waals surface area contributed by atoms with Crippen LogP contribution in [-0.2, 0) is 13.5 Å². The molecule has 0 aliphatic heterocycles. The molecule has 1 unspecified atom stereocenters. The zero-order valence-electron chi connectivity index (χ0n) is 11.6. The Balaban J connectivity index is 1.90. The second-order valence-electron chi connectivity index (χ2n) is 4.87. The number of hydrogen-bond donors (Lipinski definition) is 1. The molecular formula is C15H17N5. The maximum absolute atomic E-state index is 4.36. The zero-order chi connectivity index (χ0) is 13.9. The van der Waals surface area contributed by atoms with Gasteiger partial charge in [-0.3, -0.25) is 14.6 Å². The Hall–Kier alpha value is -2.27. The van der Waals surface area contributed by atoms with Crippen LogP contribution in [0.4, 0.5) is 0 Å². The van der Waals surface area contributed by atoms with Crippen molar-refractivity contribution in [3.63, 3.8) is 0 Å². The van der Waals surface area contributed by atoms with Crippen molar-refractivity contribution in [3.05, 3.63) is 54.1 Å². The second-order valence-corrected chi connectivity index (χ2v) is 4.87. The summed E-state index contributed by atoms with van der Waals surface area (Å²) in [5.41, 5.74) is 4.28. The van der Waals surface area contributed by atoms with Crippen LogP contribution in [0.25, 0.3) is 11.0 Å². The van der Waals surface area contributed by atoms with Gasteiger partial charge in [0.25, 0.3) is 0 Å². The highest BCUT2D eigenvalue weighted by molar-refractivity contribution is 5.74. The van der Waals surface area contributed by atoms with Crippen LogP contribution in [0.15, 0.2) is 43.0 Å². The van der Waals surface area contributed by atoms with Gasteiger partial charge >= 0.3 is 0 Å². The van der Waals surface area contributed by atoms with Crippen molar-refractivity contribution < 1.29 is 0 Å². The number of fused-ring (bicyclic) bond motifs is 1. The second kappa shape index (κ2) is 5.38. The van der Waals surface area contributed by atoms with Crippen LogP contribution >= 0.6 is 0 Å². The van der Waals surface area contributed by atoms with Crippen LogP contribution in [-0.4, -0.2) is 26.8 Å². The van der Waals surface area contributed by atoms with Crippen molar-refractivity contribution in [2.75, 3.05) is 7.05 Å². The lowest BCUT2D eigenvalue weighted by Gasteiger charge is -2.16. The van der Waals surface area contributed by atoms with Crippen molar-refractivity contribution in [3.8, 4) is 0 Å². The van der Waals surface area contributed by atoms with Crippen molar-refractivity contribution in [1.82, 2.24) is 25.1 Å². The van der Waals surface area contributed by atoms with Crippen LogP contribution in [0.3, 0.4) is 0 Å². The van der Waals surface area contributed by atoms with Gasteiger partial charge in [-0.1, -0.05) is 6.07 Å². The van der Waals surface area contributed by atoms with E-state index in [1.807, 2.05) is 37.2 Å². The number of hydrogen-bond acceptors (Lipinski definition) is 4. The van der Waals surface area contributed by atoms with Gasteiger partial charge in [-0.2, -0.15) is 5.10 Å². The monoisotopic (exact) mass is 267 g/mol. The number of aromatic nitrogens is 4. The third kappa shape index (κ3) is 2.53. The van der Waals surface area contributed by atoms with Crippen LogP contribution in [0.2, 0.25) is 0 Å². The van der Waals surface area contributed by atoms with E-state index in [2.05, 4.69) is 32.5 Å². The predicted molar refractivity (Wildman–Crippen MR) is 78.3 cm³/mol. The summed E-state index contributed by atoms with van der Waals surface area (Å²) in [6.45, 7) is 0. The Kier molecular flexibility index (Phi) is 3.43. The summed E-state index contributed by atoms with van der Waals surface area (Å²) in [4.78, 5) is 8.66. The summed E-state index contributed by atoms with van der Waals surface area (Å²) in [6, 6.07) is 6.46. The summed E-state index contributed by atoms with van der Waals surface area (Å²) < 4.78 is 1.83. The number of aryl methyl sites for hydroxylation is 1. The van der Waals surface area contributed by atoms with Gasteiger partial charge in [-0.25, -0.2) is 0 Å². The standard InChI is InChI=1S/C15H17N5/c1-16-14(7-11-9-19-20(2)10-11)12-3-4-13-15(8-12)18-6-5-17-13/h3-6,8-10,14,16H,7H2,1-2H3. The minimum absolute atomic E-state index is 0.241. The summed E-state index contributed by atoms with van der Waals surface area (Å²) in [7, 11) is 3.91. The molecule has 0 aliphatic carbocycles. The van der Waals surface area contributed by atoms with Crippen molar-refractivity contribution >= 4 is 11.0 Å². The lowest BCUT2D eigenvalue weighted by molar-refractivity contribution is 0.592. The molecule has 0 saturated heterocycles. The fourth-order valence-electron chi connectivity index (χ4n) is 2.40. The molecule has 0 amide bonds. The zero-order valence-corrected chi connectivity index (χ0v) is 11.6. The van der Waals surface area contributed by atoms with Gasteiger partial charge in [-0.15, -0.1) is 0 Å². The lowest BCUT2D eigenvalue weighted by atomic mass is 10.0. The van der Waals surface area contributed by atoms with E-state index in [1.165, 1.54) is 11.1 Å². The molecule has 0 bridgehead atoms. The van der Waals surface area contributed by atoms with Gasteiger partial charge in [0.2, 0.25) is 0 Å². The van der Waals surface area contributed by atoms with E-state index < -0.39 is 0 Å². The van der Waals surface area contributed by atoms with E-state index in [1.54, 1.807) is 12.4 Å². The molecule has 2 heterocycles. The van der Waals surface area contributed by atoms with E-state index in [-0.39, 0.29) is 6.04 Å². The molecule has 0 saturated carbocycles. The Morgan fingerprint density at radius 3 is 2.70 bits per heavy atom. The first kappa shape index (κ1) is 12.7. The molecule has 102 valence electrons. The van der Waals surface area contributed by atoms with Gasteiger partial charge in [0.1, 0.15) is 0 Å². The first-order valence-corrected chi connectivity index (χ1v) is 6.62. The first-order valence-electron chi connectivity index (χ1n) is 6.62. The van der Waals surface area contributed by atoms with E-state index in [4.69, 9.17) is 0 Å². The first-order chi connectivity index (χ1) is 9.76. The Labute approximate surface area is 117 Å². The minimum atomic E-state index is 0.241. The fraction of sp³-hybridized carbons (Fsp3) is 0.267. The molecule has 0 fully saturated rings. The van der Waals surface area contributed by atoms with Crippen LogP contribution in [0, 0.1) is 0 Å². The predicted octanol–water partition coefficient (Wildman–Crippen LogP) is 1.87. The largest absolute Gasteiger partial charge is 0.313 e. The highest BCUT2D eigenvalue weighted by Gasteiger charge is 2.12. The molecule has 3 rings (SSSR count). The fourth-order valence-corrected chi connectivity index (χ4v) is 2.40. The molecule has 5 nitrogen and oxygen atoms in total. The van der Waals surface area contributed by atoms with Gasteiger partial charge in [0, 0.05) is 31.7 Å². The summed E-state index contributed by atoms with van der Waals surface area (Å²) >= 11 is 0. The van der Waals surface area contributed by atoms with Crippen molar-refractivity contribution in [1.29, 1.82) is 0 Å². The summed E-state index contributed by atoms with van der Waals surface area (Å²) in [5.74, 6) is 0. The molecule has 1 atom stereocenters. The number of likely N-dealkylation sites (N-methyl/N-ethyl adjacent to an activating group) is 1. The van der Waals surface area contributed by atoms with E-state index in [9.17, 15) is 0 Å². The average molecular weight is 267 g/mol. The third-order valence-electron chi connectivity index (χ3n) is 3.44. The summed E-state index contributed by atoms with van der Waals surface area (Å²) in [5, 5.41) is 7.57. The van der Waals surface area contributed by atoms with Gasteiger partial charge in [0.05, 0.1) is 17.2 Å². The molecule has 20 heavy (non-hydrogen) atoms. The van der Waals surface area contributed by atoms with Gasteiger partial charge in [0.15, 0.2) is 0 Å². The minimum Gasteiger partial charge on any atom is -0.313 e. The highest BCUT2D eigenvalue weighted by atomic mass is 15.2. The number of nitrogens with one attached hydrogen (secondary N) is 1. The molecule has 0 radical (unpaired) electrons. The molecule has 0 aliphatic rings. The lowest BCUT2D eigenvalue weighted by Crippen LogP contribution is -2.18. The molecule has 3 aromatic rings. The van der Waals surface area contributed by atoms with Gasteiger partial charge in [-0.05, 0) is 36.7 Å². The molecule has 1 aromatic carbocycles. The molecule has 1 N–H and O–H groups in total. The normalized spacial score (nSPS) is 12.7. The molecule has 0 spiro atoms. The third-order valence-corrected chi connectivity index (χ3v) is 3.44. The van der Waals surface area contributed by atoms with E-state index >= 15 is 0 Å². The van der Waals surface area contributed by atoms with Crippen LogP contribution in [0.5, 0.6) is 0 Å². The number of benzene rings is 1. The maximum atomic E-state index is 4.36. The van der Waals surface area contributed by atoms with Crippen molar-refractivity contribution in [2.45, 2.75) is 12.5 Å². The quantitative estimate of drug-likeness (QED) is 0.784. The molecule has 5 heteroatoms. The number of nitrogens with zero attached hydrogens (tertiary/aromatic N) is 4. The van der Waals surface area contributed by atoms with Crippen LogP contribution < -0.4 is 5.32 Å². The van der Waals surface area contributed by atoms with E-state index in [0.29, 0.717) is 0 Å². The van der Waals surface area contributed by atoms with Crippen molar-refractivity contribution in [2.24, 2.45) is 7.05 Å². The molecule has 2 aromatic heterocycles. The smallest absolute Gasteiger partial charge is 0.0890 e. The Morgan fingerprint density at radius 2 is 2.00 bits per heavy atom. The maximum Gasteiger partial charge on any atom is 0.0890 e. The highest BCUT2D eigenvalue weighted by Crippen LogP contribution is 2.21. The SMILES string of the molecule is CNC(Cc1cnn(C)c1)c1ccc2nccnc2c1. The molecular weight excluding hydrogens is 250 g/mol.